The van der Waals surface area contributed by atoms with Crippen molar-refractivity contribution in [2.45, 2.75) is 0 Å². The minimum atomic E-state index is 0.561. The Bertz CT molecular complexity index is 3230. The first kappa shape index (κ1) is 32.2. The van der Waals surface area contributed by atoms with Crippen molar-refractivity contribution in [2.75, 3.05) is 0 Å². The summed E-state index contributed by atoms with van der Waals surface area (Å²) in [7, 11) is 0. The lowest BCUT2D eigenvalue weighted by Crippen LogP contribution is -2.00. The molecule has 3 heterocycles. The summed E-state index contributed by atoms with van der Waals surface area (Å²) in [5, 5.41) is 4.64. The molecule has 5 heteroatoms. The van der Waals surface area contributed by atoms with Gasteiger partial charge in [-0.05, 0) is 46.0 Å². The number of para-hydroxylation sites is 1. The van der Waals surface area contributed by atoms with Crippen LogP contribution in [-0.2, 0) is 0 Å². The van der Waals surface area contributed by atoms with Crippen LogP contribution in [0.25, 0.3) is 110 Å². The molecule has 3 aromatic heterocycles. The molecule has 0 bridgehead atoms. The van der Waals surface area contributed by atoms with E-state index < -0.39 is 0 Å². The molecule has 0 saturated carbocycles. The van der Waals surface area contributed by atoms with E-state index in [9.17, 15) is 0 Å². The molecule has 11 rings (SSSR count). The van der Waals surface area contributed by atoms with Crippen LogP contribution in [0.1, 0.15) is 0 Å². The monoisotopic (exact) mass is 733 g/mol. The van der Waals surface area contributed by atoms with Gasteiger partial charge in [0.15, 0.2) is 17.5 Å². The maximum Gasteiger partial charge on any atom is 0.167 e. The predicted molar refractivity (Wildman–Crippen MR) is 233 cm³/mol. The molecule has 262 valence electrons. The van der Waals surface area contributed by atoms with Crippen LogP contribution in [0.15, 0.2) is 192 Å². The molecule has 0 radical (unpaired) electrons. The Morgan fingerprint density at radius 1 is 0.339 bits per heavy atom. The third kappa shape index (κ3) is 5.40. The Labute approximate surface area is 327 Å². The molecule has 8 aromatic carbocycles. The lowest BCUT2D eigenvalue weighted by atomic mass is 9.93. The zero-order valence-electron chi connectivity index (χ0n) is 30.1. The van der Waals surface area contributed by atoms with Crippen molar-refractivity contribution >= 4 is 53.4 Å². The standard InChI is InChI=1S/C51H31N3OS/c1-4-14-32(15-5-1)33-26-28-36(29-27-33)50-52-49(35-18-8-3-9-19-35)53-51(54-50)42-23-12-22-41-45-38(21-13-24-43(45)55-47(41)42)39-31-30-37(34-16-6-2-7-17-34)46-40-20-10-11-25-44(40)56-48(39)46/h1-31H. The van der Waals surface area contributed by atoms with Gasteiger partial charge >= 0.3 is 0 Å². The summed E-state index contributed by atoms with van der Waals surface area (Å²) >= 11 is 1.85. The zero-order valence-corrected chi connectivity index (χ0v) is 30.9. The Balaban J connectivity index is 1.10. The number of furan rings is 1. The number of fused-ring (bicyclic) bond motifs is 6. The van der Waals surface area contributed by atoms with Crippen LogP contribution in [0.5, 0.6) is 0 Å². The van der Waals surface area contributed by atoms with Crippen molar-refractivity contribution in [3.8, 4) is 67.5 Å². The molecule has 4 nitrogen and oxygen atoms in total. The first-order valence-electron chi connectivity index (χ1n) is 18.7. The van der Waals surface area contributed by atoms with Gasteiger partial charge in [-0.15, -0.1) is 11.3 Å². The van der Waals surface area contributed by atoms with Gasteiger partial charge in [0.25, 0.3) is 0 Å². The smallest absolute Gasteiger partial charge is 0.167 e. The van der Waals surface area contributed by atoms with Crippen molar-refractivity contribution in [2.24, 2.45) is 0 Å². The average molecular weight is 734 g/mol. The lowest BCUT2D eigenvalue weighted by molar-refractivity contribution is 0.669. The second kappa shape index (κ2) is 13.3. The summed E-state index contributed by atoms with van der Waals surface area (Å²) < 4.78 is 9.36. The van der Waals surface area contributed by atoms with E-state index in [1.54, 1.807) is 0 Å². The molecular formula is C51H31N3OS. The highest BCUT2D eigenvalue weighted by Crippen LogP contribution is 2.48. The summed E-state index contributed by atoms with van der Waals surface area (Å²) in [6.45, 7) is 0. The van der Waals surface area contributed by atoms with Gasteiger partial charge in [-0.1, -0.05) is 170 Å². The molecule has 0 aliphatic carbocycles. The molecule has 0 aliphatic rings. The number of hydrogen-bond donors (Lipinski definition) is 0. The number of hydrogen-bond acceptors (Lipinski definition) is 5. The van der Waals surface area contributed by atoms with Crippen molar-refractivity contribution in [3.63, 3.8) is 0 Å². The van der Waals surface area contributed by atoms with Crippen LogP contribution < -0.4 is 0 Å². The summed E-state index contributed by atoms with van der Waals surface area (Å²) in [6, 6.07) is 65.5. The largest absolute Gasteiger partial charge is 0.455 e. The summed E-state index contributed by atoms with van der Waals surface area (Å²) in [6.07, 6.45) is 0. The fourth-order valence-electron chi connectivity index (χ4n) is 7.93. The van der Waals surface area contributed by atoms with E-state index in [4.69, 9.17) is 19.4 Å². The second-order valence-corrected chi connectivity index (χ2v) is 15.0. The summed E-state index contributed by atoms with van der Waals surface area (Å²) in [4.78, 5) is 15.2. The highest BCUT2D eigenvalue weighted by Gasteiger charge is 2.22. The zero-order chi connectivity index (χ0) is 37.0. The van der Waals surface area contributed by atoms with Crippen molar-refractivity contribution in [1.82, 2.24) is 15.0 Å². The van der Waals surface area contributed by atoms with Gasteiger partial charge in [-0.2, -0.15) is 0 Å². The highest BCUT2D eigenvalue weighted by atomic mass is 32.1. The van der Waals surface area contributed by atoms with E-state index in [0.29, 0.717) is 17.5 Å². The molecule has 0 fully saturated rings. The maximum absolute atomic E-state index is 6.82. The molecule has 0 saturated heterocycles. The molecule has 0 aliphatic heterocycles. The lowest BCUT2D eigenvalue weighted by Gasteiger charge is -2.11. The number of nitrogens with zero attached hydrogens (tertiary/aromatic N) is 3. The van der Waals surface area contributed by atoms with Gasteiger partial charge < -0.3 is 4.42 Å². The fourth-order valence-corrected chi connectivity index (χ4v) is 9.19. The van der Waals surface area contributed by atoms with Crippen LogP contribution in [0.2, 0.25) is 0 Å². The van der Waals surface area contributed by atoms with Gasteiger partial charge in [0.05, 0.1) is 5.56 Å². The fraction of sp³-hybridized carbons (Fsp3) is 0. The first-order valence-corrected chi connectivity index (χ1v) is 19.5. The minimum absolute atomic E-state index is 0.561. The maximum atomic E-state index is 6.82. The quantitative estimate of drug-likeness (QED) is 0.171. The van der Waals surface area contributed by atoms with Gasteiger partial charge in [0.2, 0.25) is 0 Å². The van der Waals surface area contributed by atoms with Crippen LogP contribution in [0, 0.1) is 0 Å². The SMILES string of the molecule is c1ccc(-c2ccc(-c3nc(-c4ccccc4)nc(-c4cccc5c4oc4cccc(-c6ccc(-c7ccccc7)c7c6sc6ccccc67)c45)n3)cc2)cc1. The molecule has 0 N–H and O–H groups in total. The van der Waals surface area contributed by atoms with E-state index in [2.05, 4.69) is 152 Å². The summed E-state index contributed by atoms with van der Waals surface area (Å²) in [5.74, 6) is 1.77. The first-order chi connectivity index (χ1) is 27.8. The van der Waals surface area contributed by atoms with Crippen LogP contribution in [-0.4, -0.2) is 15.0 Å². The summed E-state index contributed by atoms with van der Waals surface area (Å²) in [5.41, 5.74) is 11.3. The Hall–Kier alpha value is -7.21. The molecule has 11 aromatic rings. The number of benzene rings is 8. The minimum Gasteiger partial charge on any atom is -0.455 e. The van der Waals surface area contributed by atoms with Crippen LogP contribution in [0.4, 0.5) is 0 Å². The Kier molecular flexibility index (Phi) is 7.64. The number of aromatic nitrogens is 3. The highest BCUT2D eigenvalue weighted by molar-refractivity contribution is 7.26. The predicted octanol–water partition coefficient (Wildman–Crippen LogP) is 14.1. The topological polar surface area (TPSA) is 51.8 Å². The third-order valence-corrected chi connectivity index (χ3v) is 11.8. The van der Waals surface area contributed by atoms with Crippen molar-refractivity contribution in [1.29, 1.82) is 0 Å². The van der Waals surface area contributed by atoms with E-state index in [1.807, 2.05) is 47.7 Å². The van der Waals surface area contributed by atoms with Crippen molar-refractivity contribution < 1.29 is 4.42 Å². The molecule has 0 unspecified atom stereocenters. The number of thiophene rings is 1. The Morgan fingerprint density at radius 2 is 0.875 bits per heavy atom. The van der Waals surface area contributed by atoms with E-state index in [1.165, 1.54) is 36.9 Å². The van der Waals surface area contributed by atoms with Gasteiger partial charge in [0, 0.05) is 47.6 Å². The van der Waals surface area contributed by atoms with Crippen molar-refractivity contribution in [3.05, 3.63) is 188 Å². The van der Waals surface area contributed by atoms with Crippen LogP contribution >= 0.6 is 11.3 Å². The normalized spacial score (nSPS) is 11.6. The molecule has 0 spiro atoms. The Morgan fingerprint density at radius 3 is 1.62 bits per heavy atom. The van der Waals surface area contributed by atoms with Crippen LogP contribution in [0.3, 0.4) is 0 Å². The molecular weight excluding hydrogens is 703 g/mol. The number of rotatable bonds is 6. The van der Waals surface area contributed by atoms with E-state index in [0.717, 1.165) is 55.3 Å². The molecule has 56 heavy (non-hydrogen) atoms. The average Bonchev–Trinajstić information content (AvgIpc) is 3.86. The van der Waals surface area contributed by atoms with Gasteiger partial charge in [0.1, 0.15) is 11.2 Å². The molecule has 0 amide bonds. The van der Waals surface area contributed by atoms with E-state index in [-0.39, 0.29) is 0 Å². The third-order valence-electron chi connectivity index (χ3n) is 10.6. The molecule has 0 atom stereocenters. The van der Waals surface area contributed by atoms with E-state index >= 15 is 0 Å². The van der Waals surface area contributed by atoms with Gasteiger partial charge in [-0.3, -0.25) is 0 Å². The van der Waals surface area contributed by atoms with Gasteiger partial charge in [-0.25, -0.2) is 15.0 Å². The second-order valence-electron chi connectivity index (χ2n) is 13.9.